The first-order chi connectivity index (χ1) is 16.4. The first-order valence-corrected chi connectivity index (χ1v) is 13.1. The third-order valence-electron chi connectivity index (χ3n) is 6.68. The van der Waals surface area contributed by atoms with Gasteiger partial charge >= 0.3 is 0 Å². The molecule has 2 fully saturated rings. The Morgan fingerprint density at radius 2 is 1.97 bits per heavy atom. The first-order valence-electron chi connectivity index (χ1n) is 12.3. The number of halogens is 2. The number of nitrogens with zero attached hydrogens (tertiary/aromatic N) is 4. The molecule has 34 heavy (non-hydrogen) atoms. The van der Waals surface area contributed by atoms with Crippen LogP contribution in [0.2, 0.25) is 10.0 Å². The van der Waals surface area contributed by atoms with E-state index in [2.05, 4.69) is 19.9 Å². The maximum absolute atomic E-state index is 12.3. The number of hydrogen-bond donors (Lipinski definition) is 1. The fourth-order valence-corrected chi connectivity index (χ4v) is 5.24. The third-order valence-corrected chi connectivity index (χ3v) is 7.42. The van der Waals surface area contributed by atoms with Gasteiger partial charge in [0.1, 0.15) is 6.61 Å². The van der Waals surface area contributed by atoms with Crippen molar-refractivity contribution in [1.29, 1.82) is 0 Å². The highest BCUT2D eigenvalue weighted by Gasteiger charge is 2.30. The molecule has 1 atom stereocenters. The second-order valence-electron chi connectivity index (χ2n) is 9.51. The van der Waals surface area contributed by atoms with Crippen LogP contribution in [0.25, 0.3) is 0 Å². The largest absolute Gasteiger partial charge is 0.393 e. The molecule has 1 N–H and O–H groups in total. The zero-order valence-electron chi connectivity index (χ0n) is 20.4. The molecule has 0 bridgehead atoms. The van der Waals surface area contributed by atoms with Gasteiger partial charge in [-0.05, 0) is 70.4 Å². The van der Waals surface area contributed by atoms with Crippen LogP contribution in [0.15, 0.2) is 23.4 Å². The molecule has 0 aliphatic carbocycles. The molecule has 7 nitrogen and oxygen atoms in total. The maximum atomic E-state index is 12.3. The van der Waals surface area contributed by atoms with Crippen LogP contribution in [0.5, 0.6) is 0 Å². The number of aliphatic hydroxyl groups is 1. The zero-order valence-corrected chi connectivity index (χ0v) is 21.9. The second kappa shape index (κ2) is 13.6. The van der Waals surface area contributed by atoms with Gasteiger partial charge in [-0.15, -0.1) is 0 Å². The monoisotopic (exact) mass is 512 g/mol. The van der Waals surface area contributed by atoms with E-state index in [0.29, 0.717) is 35.0 Å². The van der Waals surface area contributed by atoms with Crippen molar-refractivity contribution in [1.82, 2.24) is 14.7 Å². The molecule has 1 aromatic carbocycles. The van der Waals surface area contributed by atoms with Crippen molar-refractivity contribution in [2.24, 2.45) is 5.16 Å². The highest BCUT2D eigenvalue weighted by Crippen LogP contribution is 2.30. The Morgan fingerprint density at radius 3 is 2.62 bits per heavy atom. The van der Waals surface area contributed by atoms with Crippen LogP contribution < -0.4 is 0 Å². The average Bonchev–Trinajstić information content (AvgIpc) is 2.82. The number of oxime groups is 1. The van der Waals surface area contributed by atoms with Gasteiger partial charge in [0, 0.05) is 44.6 Å². The SMILES string of the molecule is CN(C)C/C(=N\OCCO)C(CCN1CCC(N2CCCCC2=O)CC1)c1ccc(Cl)c(Cl)c1. The van der Waals surface area contributed by atoms with Crippen LogP contribution in [0, 0.1) is 0 Å². The summed E-state index contributed by atoms with van der Waals surface area (Å²) < 4.78 is 0. The van der Waals surface area contributed by atoms with Crippen LogP contribution in [0.4, 0.5) is 0 Å². The van der Waals surface area contributed by atoms with Crippen LogP contribution >= 0.6 is 23.2 Å². The van der Waals surface area contributed by atoms with E-state index in [-0.39, 0.29) is 19.1 Å². The summed E-state index contributed by atoms with van der Waals surface area (Å²) >= 11 is 12.5. The average molecular weight is 514 g/mol. The molecule has 1 amide bonds. The van der Waals surface area contributed by atoms with E-state index < -0.39 is 0 Å². The molecule has 2 aliphatic rings. The van der Waals surface area contributed by atoms with Gasteiger partial charge in [0.2, 0.25) is 5.91 Å². The van der Waals surface area contributed by atoms with Gasteiger partial charge < -0.3 is 24.6 Å². The summed E-state index contributed by atoms with van der Waals surface area (Å²) in [5, 5.41) is 14.6. The lowest BCUT2D eigenvalue weighted by Crippen LogP contribution is -2.49. The molecule has 1 unspecified atom stereocenters. The summed E-state index contributed by atoms with van der Waals surface area (Å²) in [5.74, 6) is 0.342. The first kappa shape index (κ1) is 27.2. The Labute approximate surface area is 213 Å². The summed E-state index contributed by atoms with van der Waals surface area (Å²) in [7, 11) is 4.00. The fraction of sp³-hybridized carbons (Fsp3) is 0.680. The molecule has 3 rings (SSSR count). The molecule has 1 aromatic rings. The van der Waals surface area contributed by atoms with Crippen LogP contribution in [0.1, 0.15) is 50.0 Å². The Hall–Kier alpha value is -1.38. The maximum Gasteiger partial charge on any atom is 0.222 e. The van der Waals surface area contributed by atoms with E-state index in [9.17, 15) is 4.79 Å². The summed E-state index contributed by atoms with van der Waals surface area (Å²) in [4.78, 5) is 24.4. The number of carbonyl (C=O) groups is 1. The van der Waals surface area contributed by atoms with Crippen LogP contribution in [0.3, 0.4) is 0 Å². The number of benzene rings is 1. The number of aliphatic hydroxyl groups excluding tert-OH is 1. The number of likely N-dealkylation sites (tertiary alicyclic amines) is 2. The van der Waals surface area contributed by atoms with Crippen molar-refractivity contribution < 1.29 is 14.7 Å². The molecule has 9 heteroatoms. The quantitative estimate of drug-likeness (QED) is 0.277. The predicted octanol–water partition coefficient (Wildman–Crippen LogP) is 3.87. The van der Waals surface area contributed by atoms with Crippen molar-refractivity contribution in [3.05, 3.63) is 33.8 Å². The lowest BCUT2D eigenvalue weighted by molar-refractivity contribution is -0.136. The number of piperidine rings is 2. The Kier molecular flexibility index (Phi) is 10.9. The van der Waals surface area contributed by atoms with Gasteiger partial charge in [0.05, 0.1) is 22.4 Å². The van der Waals surface area contributed by atoms with Gasteiger partial charge in [-0.25, -0.2) is 0 Å². The number of amides is 1. The summed E-state index contributed by atoms with van der Waals surface area (Å²) in [6, 6.07) is 6.13. The van der Waals surface area contributed by atoms with E-state index in [1.165, 1.54) is 0 Å². The molecule has 0 spiro atoms. The summed E-state index contributed by atoms with van der Waals surface area (Å²) in [5.41, 5.74) is 1.95. The Bertz CT molecular complexity index is 828. The number of carbonyl (C=O) groups excluding carboxylic acids is 1. The van der Waals surface area contributed by atoms with Crippen molar-refractivity contribution in [3.8, 4) is 0 Å². The van der Waals surface area contributed by atoms with E-state index >= 15 is 0 Å². The summed E-state index contributed by atoms with van der Waals surface area (Å²) in [6.07, 6.45) is 5.79. The minimum atomic E-state index is -0.0787. The van der Waals surface area contributed by atoms with Crippen molar-refractivity contribution in [2.75, 3.05) is 60.0 Å². The van der Waals surface area contributed by atoms with Gasteiger partial charge in [-0.2, -0.15) is 0 Å². The van der Waals surface area contributed by atoms with E-state index in [4.69, 9.17) is 33.1 Å². The van der Waals surface area contributed by atoms with Crippen molar-refractivity contribution in [2.45, 2.75) is 50.5 Å². The van der Waals surface area contributed by atoms with Gasteiger partial charge in [0.15, 0.2) is 0 Å². The minimum Gasteiger partial charge on any atom is -0.393 e. The Morgan fingerprint density at radius 1 is 1.21 bits per heavy atom. The molecule has 2 heterocycles. The molecule has 0 saturated carbocycles. The van der Waals surface area contributed by atoms with E-state index in [1.54, 1.807) is 0 Å². The van der Waals surface area contributed by atoms with Gasteiger partial charge in [0.25, 0.3) is 0 Å². The molecule has 190 valence electrons. The van der Waals surface area contributed by atoms with Crippen molar-refractivity contribution >= 4 is 34.8 Å². The van der Waals surface area contributed by atoms with Crippen LogP contribution in [-0.2, 0) is 9.63 Å². The molecule has 0 aromatic heterocycles. The molecule has 2 saturated heterocycles. The second-order valence-corrected chi connectivity index (χ2v) is 10.3. The molecule has 0 radical (unpaired) electrons. The van der Waals surface area contributed by atoms with E-state index in [1.807, 2.05) is 32.3 Å². The lowest BCUT2D eigenvalue weighted by atomic mass is 9.90. The van der Waals surface area contributed by atoms with Crippen LogP contribution in [-0.4, -0.2) is 97.5 Å². The highest BCUT2D eigenvalue weighted by atomic mass is 35.5. The van der Waals surface area contributed by atoms with Crippen molar-refractivity contribution in [3.63, 3.8) is 0 Å². The number of hydrogen-bond acceptors (Lipinski definition) is 6. The minimum absolute atomic E-state index is 0.0113. The van der Waals surface area contributed by atoms with Gasteiger partial charge in [-0.3, -0.25) is 4.79 Å². The smallest absolute Gasteiger partial charge is 0.222 e. The Balaban J connectivity index is 1.68. The lowest BCUT2D eigenvalue weighted by Gasteiger charge is -2.40. The van der Waals surface area contributed by atoms with E-state index in [0.717, 1.165) is 69.6 Å². The predicted molar refractivity (Wildman–Crippen MR) is 138 cm³/mol. The zero-order chi connectivity index (χ0) is 24.5. The summed E-state index contributed by atoms with van der Waals surface area (Å²) in [6.45, 7) is 4.53. The normalized spacial score (nSPS) is 19.6. The van der Waals surface area contributed by atoms with Gasteiger partial charge in [-0.1, -0.05) is 34.4 Å². The third kappa shape index (κ3) is 7.82. The fourth-order valence-electron chi connectivity index (χ4n) is 4.93. The molecular formula is C25H38Cl2N4O3. The standard InChI is InChI=1S/C25H38Cl2N4O3/c1-29(2)18-24(28-34-16-15-32)21(19-6-7-22(26)23(27)17-19)10-14-30-12-8-20(9-13-30)31-11-4-3-5-25(31)33/h6-7,17,20-21,32H,3-5,8-16,18H2,1-2H3/b28-24+. The molecule has 2 aliphatic heterocycles. The highest BCUT2D eigenvalue weighted by molar-refractivity contribution is 6.42. The molecular weight excluding hydrogens is 475 g/mol. The number of rotatable bonds is 11. The topological polar surface area (TPSA) is 68.6 Å².